The highest BCUT2D eigenvalue weighted by atomic mass is 19.3. The Balaban J connectivity index is 1.46. The second-order valence-corrected chi connectivity index (χ2v) is 8.11. The van der Waals surface area contributed by atoms with Gasteiger partial charge in [0, 0.05) is 39.0 Å². The van der Waals surface area contributed by atoms with E-state index in [0.717, 1.165) is 25.9 Å². The highest BCUT2D eigenvalue weighted by Crippen LogP contribution is 2.30. The molecule has 1 unspecified atom stereocenters. The highest BCUT2D eigenvalue weighted by Gasteiger charge is 2.42. The summed E-state index contributed by atoms with van der Waals surface area (Å²) in [6, 6.07) is 0. The van der Waals surface area contributed by atoms with Crippen LogP contribution < -0.4 is 0 Å². The minimum absolute atomic E-state index is 0.0861. The summed E-state index contributed by atoms with van der Waals surface area (Å²) in [5.41, 5.74) is -0.957. The van der Waals surface area contributed by atoms with E-state index in [1.165, 1.54) is 12.8 Å². The molecule has 3 saturated heterocycles. The van der Waals surface area contributed by atoms with Gasteiger partial charge >= 0.3 is 0 Å². The number of carbonyl (C=O) groups is 1. The van der Waals surface area contributed by atoms with Crippen molar-refractivity contribution in [3.05, 3.63) is 0 Å². The first-order chi connectivity index (χ1) is 11.9. The van der Waals surface area contributed by atoms with Crippen LogP contribution in [0, 0.1) is 0 Å². The van der Waals surface area contributed by atoms with Crippen LogP contribution in [0.15, 0.2) is 0 Å². The lowest BCUT2D eigenvalue weighted by Gasteiger charge is -2.36. The van der Waals surface area contributed by atoms with E-state index in [1.807, 2.05) is 4.90 Å². The summed E-state index contributed by atoms with van der Waals surface area (Å²) >= 11 is 0. The van der Waals surface area contributed by atoms with E-state index in [-0.39, 0.29) is 18.7 Å². The Morgan fingerprint density at radius 3 is 2.16 bits per heavy atom. The van der Waals surface area contributed by atoms with Crippen LogP contribution in [0.1, 0.15) is 44.9 Å². The summed E-state index contributed by atoms with van der Waals surface area (Å²) < 4.78 is 26.5. The summed E-state index contributed by atoms with van der Waals surface area (Å²) in [4.78, 5) is 18.4. The maximum Gasteiger partial charge on any atom is 0.250 e. The van der Waals surface area contributed by atoms with Crippen molar-refractivity contribution in [2.75, 3.05) is 52.4 Å². The maximum absolute atomic E-state index is 13.3. The number of hydrogen-bond acceptors (Lipinski definition) is 4. The van der Waals surface area contributed by atoms with Crippen LogP contribution in [-0.2, 0) is 4.79 Å². The topological polar surface area (TPSA) is 47.0 Å². The smallest absolute Gasteiger partial charge is 0.250 e. The van der Waals surface area contributed by atoms with Crippen molar-refractivity contribution in [3.63, 3.8) is 0 Å². The molecule has 144 valence electrons. The fraction of sp³-hybridized carbons (Fsp3) is 0.944. The van der Waals surface area contributed by atoms with Gasteiger partial charge in [-0.15, -0.1) is 0 Å². The van der Waals surface area contributed by atoms with E-state index >= 15 is 0 Å². The number of alkyl halides is 2. The molecule has 25 heavy (non-hydrogen) atoms. The Bertz CT molecular complexity index is 459. The molecule has 1 amide bonds. The van der Waals surface area contributed by atoms with E-state index in [4.69, 9.17) is 0 Å². The Kier molecular flexibility index (Phi) is 5.96. The monoisotopic (exact) mass is 359 g/mol. The van der Waals surface area contributed by atoms with Gasteiger partial charge in [-0.1, -0.05) is 12.8 Å². The van der Waals surface area contributed by atoms with E-state index in [1.54, 1.807) is 4.90 Å². The number of β-amino-alcohol motifs (C(OH)–C–C–N with tert-alkyl or cyclic N) is 1. The molecule has 0 radical (unpaired) electrons. The average Bonchev–Trinajstić information content (AvgIpc) is 2.77. The van der Waals surface area contributed by atoms with E-state index in [9.17, 15) is 18.7 Å². The predicted octanol–water partition coefficient (Wildman–Crippen LogP) is 1.56. The molecule has 1 N–H and O–H groups in total. The molecule has 3 rings (SSSR count). The van der Waals surface area contributed by atoms with Crippen molar-refractivity contribution < 1.29 is 18.7 Å². The number of amides is 1. The zero-order valence-electron chi connectivity index (χ0n) is 15.1. The first-order valence-corrected chi connectivity index (χ1v) is 9.68. The van der Waals surface area contributed by atoms with Crippen LogP contribution in [0.3, 0.4) is 0 Å². The molecule has 0 aromatic heterocycles. The van der Waals surface area contributed by atoms with Gasteiger partial charge < -0.3 is 10.0 Å². The van der Waals surface area contributed by atoms with E-state index in [2.05, 4.69) is 4.90 Å². The lowest BCUT2D eigenvalue weighted by molar-refractivity contribution is -0.132. The summed E-state index contributed by atoms with van der Waals surface area (Å²) in [6.45, 7) is 4.30. The van der Waals surface area contributed by atoms with Gasteiger partial charge in [-0.05, 0) is 32.4 Å². The predicted molar refractivity (Wildman–Crippen MR) is 91.7 cm³/mol. The first-order valence-electron chi connectivity index (χ1n) is 9.68. The summed E-state index contributed by atoms with van der Waals surface area (Å²) in [7, 11) is 0. The molecule has 3 aliphatic heterocycles. The number of hydrogen-bond donors (Lipinski definition) is 1. The molecule has 7 heteroatoms. The van der Waals surface area contributed by atoms with Gasteiger partial charge in [0.15, 0.2) is 0 Å². The van der Waals surface area contributed by atoms with Gasteiger partial charge in [-0.3, -0.25) is 14.6 Å². The molecule has 0 aliphatic carbocycles. The second-order valence-electron chi connectivity index (χ2n) is 8.11. The van der Waals surface area contributed by atoms with Crippen molar-refractivity contribution in [1.29, 1.82) is 0 Å². The van der Waals surface area contributed by atoms with Crippen molar-refractivity contribution in [1.82, 2.24) is 14.7 Å². The number of piperidine rings is 1. The number of nitrogens with zero attached hydrogens (tertiary/aromatic N) is 3. The lowest BCUT2D eigenvalue weighted by atomic mass is 10.00. The quantitative estimate of drug-likeness (QED) is 0.828. The molecular weight excluding hydrogens is 328 g/mol. The average molecular weight is 359 g/mol. The minimum Gasteiger partial charge on any atom is -0.387 e. The normalized spacial score (nSPS) is 31.9. The molecule has 3 aliphatic rings. The van der Waals surface area contributed by atoms with Gasteiger partial charge in [-0.2, -0.15) is 0 Å². The zero-order valence-corrected chi connectivity index (χ0v) is 15.1. The van der Waals surface area contributed by atoms with Crippen LogP contribution in [0.25, 0.3) is 0 Å². The Labute approximate surface area is 148 Å². The lowest BCUT2D eigenvalue weighted by Crippen LogP contribution is -2.50. The number of aliphatic hydroxyl groups is 1. The van der Waals surface area contributed by atoms with Crippen molar-refractivity contribution in [3.8, 4) is 0 Å². The van der Waals surface area contributed by atoms with Crippen LogP contribution >= 0.6 is 0 Å². The van der Waals surface area contributed by atoms with Gasteiger partial charge in [0.1, 0.15) is 0 Å². The molecule has 1 atom stereocenters. The number of carbonyl (C=O) groups excluding carboxylic acids is 1. The SMILES string of the molecule is O=C(CN1CCCCCC1)N1CCC(O)(CN2CCC(F)(F)CC2)C1. The fourth-order valence-corrected chi connectivity index (χ4v) is 4.24. The first kappa shape index (κ1) is 19.0. The third kappa shape index (κ3) is 5.34. The van der Waals surface area contributed by atoms with Gasteiger partial charge in [0.25, 0.3) is 5.92 Å². The Morgan fingerprint density at radius 1 is 0.880 bits per heavy atom. The van der Waals surface area contributed by atoms with Gasteiger partial charge in [-0.25, -0.2) is 8.78 Å². The number of halogens is 2. The fourth-order valence-electron chi connectivity index (χ4n) is 4.24. The van der Waals surface area contributed by atoms with Crippen molar-refractivity contribution in [2.45, 2.75) is 56.5 Å². The molecule has 0 saturated carbocycles. The number of rotatable bonds is 4. The third-order valence-corrected chi connectivity index (χ3v) is 5.85. The van der Waals surface area contributed by atoms with E-state index in [0.29, 0.717) is 45.7 Å². The van der Waals surface area contributed by atoms with Gasteiger partial charge in [0.05, 0.1) is 18.7 Å². The number of likely N-dealkylation sites (tertiary alicyclic amines) is 3. The second kappa shape index (κ2) is 7.84. The molecular formula is C18H31F2N3O2. The van der Waals surface area contributed by atoms with Crippen LogP contribution in [0.5, 0.6) is 0 Å². The van der Waals surface area contributed by atoms with Crippen LogP contribution in [0.4, 0.5) is 8.78 Å². The molecule has 5 nitrogen and oxygen atoms in total. The maximum atomic E-state index is 13.3. The molecule has 0 aromatic rings. The van der Waals surface area contributed by atoms with Crippen molar-refractivity contribution >= 4 is 5.91 Å². The largest absolute Gasteiger partial charge is 0.387 e. The highest BCUT2D eigenvalue weighted by molar-refractivity contribution is 5.78. The van der Waals surface area contributed by atoms with Gasteiger partial charge in [0.2, 0.25) is 5.91 Å². The molecule has 0 spiro atoms. The summed E-state index contributed by atoms with van der Waals surface area (Å²) in [5, 5.41) is 10.8. The van der Waals surface area contributed by atoms with Crippen LogP contribution in [-0.4, -0.2) is 89.6 Å². The summed E-state index contributed by atoms with van der Waals surface area (Å²) in [6.07, 6.45) is 5.03. The third-order valence-electron chi connectivity index (χ3n) is 5.85. The van der Waals surface area contributed by atoms with E-state index < -0.39 is 11.5 Å². The molecule has 0 bridgehead atoms. The Hall–Kier alpha value is -0.790. The van der Waals surface area contributed by atoms with Crippen molar-refractivity contribution in [2.24, 2.45) is 0 Å². The Morgan fingerprint density at radius 2 is 1.52 bits per heavy atom. The molecule has 0 aromatic carbocycles. The molecule has 3 fully saturated rings. The van der Waals surface area contributed by atoms with Crippen LogP contribution in [0.2, 0.25) is 0 Å². The zero-order chi connectivity index (χ0) is 17.9. The minimum atomic E-state index is -2.57. The summed E-state index contributed by atoms with van der Waals surface area (Å²) in [5.74, 6) is -2.48. The molecule has 3 heterocycles. The standard InChI is InChI=1S/C18H31F2N3O2/c19-18(20)6-10-22(11-7-18)14-17(25)5-12-23(15-17)16(24)13-21-8-3-1-2-4-9-21/h25H,1-15H2.